The van der Waals surface area contributed by atoms with Gasteiger partial charge in [-0.05, 0) is 12.0 Å². The summed E-state index contributed by atoms with van der Waals surface area (Å²) in [5.41, 5.74) is -1.48. The van der Waals surface area contributed by atoms with Crippen LogP contribution in [0.5, 0.6) is 0 Å². The van der Waals surface area contributed by atoms with Crippen LogP contribution in [0.25, 0.3) is 0 Å². The molecule has 142 valence electrons. The zero-order valence-corrected chi connectivity index (χ0v) is 18.4. The van der Waals surface area contributed by atoms with Gasteiger partial charge in [-0.15, -0.1) is 0 Å². The average molecular weight is 372 g/mol. The normalized spacial score (nSPS) is 11.0. The predicted octanol–water partition coefficient (Wildman–Crippen LogP) is 2.52. The Balaban J connectivity index is 0. The van der Waals surface area contributed by atoms with Crippen molar-refractivity contribution in [3.05, 3.63) is 35.9 Å². The van der Waals surface area contributed by atoms with Crippen LogP contribution in [-0.2, 0) is 15.0 Å². The minimum Gasteiger partial charge on any atom is -1.00 e. The molecule has 0 atom stereocenters. The first-order chi connectivity index (χ1) is 12.1. The molecule has 0 heterocycles. The van der Waals surface area contributed by atoms with Gasteiger partial charge in [-0.1, -0.05) is 101 Å². The van der Waals surface area contributed by atoms with Crippen LogP contribution in [0, 0.1) is 0 Å². The van der Waals surface area contributed by atoms with Crippen LogP contribution in [0.4, 0.5) is 0 Å². The third kappa shape index (κ3) is 7.81. The van der Waals surface area contributed by atoms with Gasteiger partial charge < -0.3 is 11.6 Å². The van der Waals surface area contributed by atoms with Crippen molar-refractivity contribution in [2.75, 3.05) is 0 Å². The van der Waals surface area contributed by atoms with E-state index in [0.29, 0.717) is 12.0 Å². The quantitative estimate of drug-likeness (QED) is 0.299. The number of carboxylic acids is 2. The van der Waals surface area contributed by atoms with E-state index in [1.54, 1.807) is 30.3 Å². The topological polar surface area (TPSA) is 74.6 Å². The van der Waals surface area contributed by atoms with Gasteiger partial charge in [0.15, 0.2) is 5.41 Å². The summed E-state index contributed by atoms with van der Waals surface area (Å²) in [5, 5.41) is 19.2. The summed E-state index contributed by atoms with van der Waals surface area (Å²) < 4.78 is 0. The van der Waals surface area contributed by atoms with Crippen molar-refractivity contribution >= 4 is 11.9 Å². The molecule has 1 aromatic carbocycles. The Bertz CT molecular complexity index is 508. The molecule has 0 aliphatic rings. The van der Waals surface area contributed by atoms with E-state index in [1.165, 1.54) is 38.5 Å². The number of rotatable bonds is 14. The zero-order valence-electron chi connectivity index (χ0n) is 17.4. The molecule has 0 spiro atoms. The average Bonchev–Trinajstić information content (AvgIpc) is 2.60. The van der Waals surface area contributed by atoms with Gasteiger partial charge in [0.05, 0.1) is 0 Å². The van der Waals surface area contributed by atoms with Crippen LogP contribution in [0.3, 0.4) is 0 Å². The van der Waals surface area contributed by atoms with Gasteiger partial charge in [-0.25, -0.2) is 0 Å². The second kappa shape index (κ2) is 14.2. The molecular weight excluding hydrogens is 339 g/mol. The fourth-order valence-corrected chi connectivity index (χ4v) is 3.30. The molecule has 4 nitrogen and oxygen atoms in total. The van der Waals surface area contributed by atoms with Crippen molar-refractivity contribution in [2.45, 2.75) is 83.0 Å². The van der Waals surface area contributed by atoms with Gasteiger partial charge >= 0.3 is 41.5 Å². The third-order valence-corrected chi connectivity index (χ3v) is 4.90. The molecule has 0 saturated carbocycles. The van der Waals surface area contributed by atoms with E-state index >= 15 is 0 Å². The molecule has 0 aliphatic carbocycles. The number of aliphatic carboxylic acids is 2. The number of carboxylic acid groups (broad SMARTS) is 2. The van der Waals surface area contributed by atoms with E-state index < -0.39 is 17.4 Å². The first-order valence-electron chi connectivity index (χ1n) is 9.58. The Morgan fingerprint density at radius 3 is 1.65 bits per heavy atom. The van der Waals surface area contributed by atoms with Gasteiger partial charge in [0, 0.05) is 0 Å². The van der Waals surface area contributed by atoms with Gasteiger partial charge in [0.1, 0.15) is 0 Å². The molecule has 0 aromatic heterocycles. The van der Waals surface area contributed by atoms with E-state index in [-0.39, 0.29) is 37.4 Å². The van der Waals surface area contributed by atoms with Gasteiger partial charge in [-0.3, -0.25) is 9.59 Å². The summed E-state index contributed by atoms with van der Waals surface area (Å²) in [6.07, 6.45) is 11.5. The molecule has 0 bridgehead atoms. The molecule has 1 rings (SSSR count). The summed E-state index contributed by atoms with van der Waals surface area (Å²) in [6, 6.07) is 8.33. The molecule has 2 N–H and O–H groups in total. The molecule has 0 radical (unpaired) electrons. The summed E-state index contributed by atoms with van der Waals surface area (Å²) in [6.45, 7) is 2.21. The maximum atomic E-state index is 11.8. The summed E-state index contributed by atoms with van der Waals surface area (Å²) in [5.74, 6) is -2.55. The number of carbonyl (C=O) groups is 2. The first kappa shape index (κ1) is 25.2. The molecule has 0 saturated heterocycles. The second-order valence-electron chi connectivity index (χ2n) is 6.81. The Morgan fingerprint density at radius 2 is 1.23 bits per heavy atom. The van der Waals surface area contributed by atoms with E-state index in [9.17, 15) is 19.8 Å². The van der Waals surface area contributed by atoms with Crippen LogP contribution in [0.2, 0.25) is 0 Å². The Hall–Kier alpha value is -0.840. The smallest absolute Gasteiger partial charge is 1.00 e. The van der Waals surface area contributed by atoms with Crippen molar-refractivity contribution in [1.82, 2.24) is 0 Å². The molecule has 0 unspecified atom stereocenters. The van der Waals surface area contributed by atoms with Crippen LogP contribution < -0.4 is 29.6 Å². The molecule has 1 aromatic rings. The third-order valence-electron chi connectivity index (χ3n) is 4.90. The van der Waals surface area contributed by atoms with E-state index in [2.05, 4.69) is 6.92 Å². The van der Waals surface area contributed by atoms with Gasteiger partial charge in [0.2, 0.25) is 0 Å². The number of hydrogen-bond donors (Lipinski definition) is 2. The molecule has 5 heteroatoms. The largest absolute Gasteiger partial charge is 1.00 e. The van der Waals surface area contributed by atoms with Crippen LogP contribution >= 0.6 is 0 Å². The van der Waals surface area contributed by atoms with Crippen LogP contribution in [-0.4, -0.2) is 22.2 Å². The second-order valence-corrected chi connectivity index (χ2v) is 6.81. The fraction of sp³-hybridized carbons (Fsp3) is 0.619. The maximum Gasteiger partial charge on any atom is 1.00 e. The van der Waals surface area contributed by atoms with Gasteiger partial charge in [-0.2, -0.15) is 0 Å². The van der Waals surface area contributed by atoms with Crippen LogP contribution in [0.1, 0.15) is 84.5 Å². The molecule has 0 amide bonds. The van der Waals surface area contributed by atoms with Crippen molar-refractivity contribution in [3.8, 4) is 0 Å². The van der Waals surface area contributed by atoms with Crippen molar-refractivity contribution in [1.29, 1.82) is 0 Å². The fourth-order valence-electron chi connectivity index (χ4n) is 3.30. The van der Waals surface area contributed by atoms with E-state index in [4.69, 9.17) is 0 Å². The standard InChI is InChI=1S/C21H32O4.Na.H/c1-2-3-4-5-6-7-8-9-10-14-17-21(19(22)23,20(24)25)18-15-12-11-13-16-18;;/h11-13,15-16H,2-10,14,17H2,1H3,(H,22,23)(H,24,25);;/q;+1;-1. The first-order valence-corrected chi connectivity index (χ1v) is 9.58. The van der Waals surface area contributed by atoms with Gasteiger partial charge in [0.25, 0.3) is 0 Å². The Kier molecular flexibility index (Phi) is 13.8. The maximum absolute atomic E-state index is 11.8. The number of unbranched alkanes of at least 4 members (excludes halogenated alkanes) is 9. The molecule has 0 aliphatic heterocycles. The predicted molar refractivity (Wildman–Crippen MR) is 101 cm³/mol. The molecular formula is C21H33NaO4. The minimum atomic E-state index is -1.83. The van der Waals surface area contributed by atoms with Crippen molar-refractivity contribution in [3.63, 3.8) is 0 Å². The van der Waals surface area contributed by atoms with E-state index in [1.807, 2.05) is 0 Å². The Morgan fingerprint density at radius 1 is 0.808 bits per heavy atom. The monoisotopic (exact) mass is 372 g/mol. The number of hydrogen-bond acceptors (Lipinski definition) is 2. The number of benzene rings is 1. The Labute approximate surface area is 181 Å². The van der Waals surface area contributed by atoms with Crippen molar-refractivity contribution in [2.24, 2.45) is 0 Å². The van der Waals surface area contributed by atoms with E-state index in [0.717, 1.165) is 19.3 Å². The SMILES string of the molecule is CCCCCCCCCCCCC(C(=O)O)(C(=O)O)c1ccccc1.[H-].[Na+]. The summed E-state index contributed by atoms with van der Waals surface area (Å²) >= 11 is 0. The molecule has 0 fully saturated rings. The summed E-state index contributed by atoms with van der Waals surface area (Å²) in [7, 11) is 0. The molecule has 26 heavy (non-hydrogen) atoms. The minimum absolute atomic E-state index is 0. The van der Waals surface area contributed by atoms with Crippen molar-refractivity contribution < 1.29 is 50.8 Å². The van der Waals surface area contributed by atoms with Crippen LogP contribution in [0.15, 0.2) is 30.3 Å². The summed E-state index contributed by atoms with van der Waals surface area (Å²) in [4.78, 5) is 23.5. The zero-order chi connectivity index (χ0) is 18.5.